The Morgan fingerprint density at radius 2 is 2.04 bits per heavy atom. The normalized spacial score (nSPS) is 17.4. The molecule has 1 aromatic heterocycles. The number of hydrogen-bond donors (Lipinski definition) is 3. The van der Waals surface area contributed by atoms with E-state index in [0.29, 0.717) is 32.6 Å². The maximum absolute atomic E-state index is 10.5. The number of aryl methyl sites for hydroxylation is 1. The molecule has 0 aliphatic carbocycles. The van der Waals surface area contributed by atoms with Gasteiger partial charge in [-0.15, -0.1) is 0 Å². The fourth-order valence-corrected chi connectivity index (χ4v) is 3.27. The fourth-order valence-electron chi connectivity index (χ4n) is 3.27. The summed E-state index contributed by atoms with van der Waals surface area (Å²) >= 11 is 0. The number of aliphatic imine (C=N–C) groups is 1. The summed E-state index contributed by atoms with van der Waals surface area (Å²) < 4.78 is 7.61. The van der Waals surface area contributed by atoms with Crippen molar-refractivity contribution in [1.82, 2.24) is 15.2 Å². The summed E-state index contributed by atoms with van der Waals surface area (Å²) in [6, 6.07) is 10.6. The SMILES string of the molecule is CCNC(=NCC1(O)CCOCC1)NCCCn1ccc2ccccc21. The largest absolute Gasteiger partial charge is 0.388 e. The van der Waals surface area contributed by atoms with Crippen LogP contribution in [0.15, 0.2) is 41.5 Å². The van der Waals surface area contributed by atoms with Crippen molar-refractivity contribution in [3.63, 3.8) is 0 Å². The molecule has 0 saturated carbocycles. The number of guanidine groups is 1. The van der Waals surface area contributed by atoms with Crippen molar-refractivity contribution in [1.29, 1.82) is 0 Å². The zero-order chi connectivity index (χ0) is 18.2. The summed E-state index contributed by atoms with van der Waals surface area (Å²) in [6.45, 7) is 6.28. The molecule has 2 aromatic rings. The second-order valence-corrected chi connectivity index (χ2v) is 6.88. The highest BCUT2D eigenvalue weighted by atomic mass is 16.5. The molecule has 1 aromatic carbocycles. The van der Waals surface area contributed by atoms with E-state index in [4.69, 9.17) is 4.74 Å². The van der Waals surface area contributed by atoms with Crippen molar-refractivity contribution < 1.29 is 9.84 Å². The zero-order valence-electron chi connectivity index (χ0n) is 15.6. The Bertz CT molecular complexity index is 719. The number of aromatic nitrogens is 1. The van der Waals surface area contributed by atoms with Crippen LogP contribution < -0.4 is 10.6 Å². The minimum Gasteiger partial charge on any atom is -0.388 e. The van der Waals surface area contributed by atoms with Crippen LogP contribution in [0.25, 0.3) is 10.9 Å². The Balaban J connectivity index is 1.48. The Morgan fingerprint density at radius 3 is 2.85 bits per heavy atom. The van der Waals surface area contributed by atoms with E-state index in [-0.39, 0.29) is 0 Å². The third-order valence-electron chi connectivity index (χ3n) is 4.85. The first-order chi connectivity index (χ1) is 12.7. The minimum absolute atomic E-state index is 0.411. The first kappa shape index (κ1) is 18.7. The highest BCUT2D eigenvalue weighted by Crippen LogP contribution is 2.20. The highest BCUT2D eigenvalue weighted by molar-refractivity contribution is 5.80. The number of nitrogens with zero attached hydrogens (tertiary/aromatic N) is 2. The maximum Gasteiger partial charge on any atom is 0.191 e. The molecule has 3 rings (SSSR count). The smallest absolute Gasteiger partial charge is 0.191 e. The number of nitrogens with one attached hydrogen (secondary N) is 2. The molecule has 142 valence electrons. The van der Waals surface area contributed by atoms with Crippen LogP contribution in [-0.4, -0.2) is 54.1 Å². The molecule has 3 N–H and O–H groups in total. The average Bonchev–Trinajstić information content (AvgIpc) is 3.07. The minimum atomic E-state index is -0.731. The van der Waals surface area contributed by atoms with E-state index in [2.05, 4.69) is 56.7 Å². The van der Waals surface area contributed by atoms with Crippen LogP contribution in [0.2, 0.25) is 0 Å². The van der Waals surface area contributed by atoms with Crippen LogP contribution in [0.3, 0.4) is 0 Å². The monoisotopic (exact) mass is 358 g/mol. The molecule has 0 unspecified atom stereocenters. The third kappa shape index (κ3) is 4.99. The lowest BCUT2D eigenvalue weighted by Crippen LogP contribution is -2.42. The van der Waals surface area contributed by atoms with Gasteiger partial charge in [-0.05, 0) is 30.9 Å². The number of rotatable bonds is 7. The molecule has 1 aliphatic rings. The summed E-state index contributed by atoms with van der Waals surface area (Å²) in [5.41, 5.74) is 0.541. The van der Waals surface area contributed by atoms with Crippen molar-refractivity contribution >= 4 is 16.9 Å². The molecule has 0 bridgehead atoms. The first-order valence-electron chi connectivity index (χ1n) is 9.56. The van der Waals surface area contributed by atoms with Gasteiger partial charge in [-0.25, -0.2) is 0 Å². The number of ether oxygens (including phenoxy) is 1. The van der Waals surface area contributed by atoms with E-state index >= 15 is 0 Å². The predicted octanol–water partition coefficient (Wildman–Crippen LogP) is 2.13. The van der Waals surface area contributed by atoms with Gasteiger partial charge >= 0.3 is 0 Å². The molecule has 0 radical (unpaired) electrons. The van der Waals surface area contributed by atoms with Crippen LogP contribution in [0.1, 0.15) is 26.2 Å². The van der Waals surface area contributed by atoms with E-state index in [1.807, 2.05) is 6.92 Å². The first-order valence-corrected chi connectivity index (χ1v) is 9.56. The second kappa shape index (κ2) is 9.05. The number of fused-ring (bicyclic) bond motifs is 1. The third-order valence-corrected chi connectivity index (χ3v) is 4.85. The van der Waals surface area contributed by atoms with Crippen LogP contribution in [0.5, 0.6) is 0 Å². The molecule has 0 atom stereocenters. The van der Waals surface area contributed by atoms with Gasteiger partial charge in [0.05, 0.1) is 12.1 Å². The lowest BCUT2D eigenvalue weighted by Gasteiger charge is -2.30. The van der Waals surface area contributed by atoms with E-state index in [1.54, 1.807) is 0 Å². The van der Waals surface area contributed by atoms with Crippen molar-refractivity contribution in [3.8, 4) is 0 Å². The summed E-state index contributed by atoms with van der Waals surface area (Å²) in [7, 11) is 0. The van der Waals surface area contributed by atoms with Crippen LogP contribution in [-0.2, 0) is 11.3 Å². The Morgan fingerprint density at radius 1 is 1.23 bits per heavy atom. The Labute approximate surface area is 155 Å². The highest BCUT2D eigenvalue weighted by Gasteiger charge is 2.29. The molecular formula is C20H30N4O2. The van der Waals surface area contributed by atoms with Crippen LogP contribution in [0.4, 0.5) is 0 Å². The molecule has 2 heterocycles. The number of benzene rings is 1. The van der Waals surface area contributed by atoms with Gasteiger partial charge in [0.25, 0.3) is 0 Å². The number of para-hydroxylation sites is 1. The molecule has 0 spiro atoms. The number of hydrogen-bond acceptors (Lipinski definition) is 3. The van der Waals surface area contributed by atoms with Crippen molar-refractivity contribution in [2.75, 3.05) is 32.8 Å². The van der Waals surface area contributed by atoms with Gasteiger partial charge in [-0.2, -0.15) is 0 Å². The van der Waals surface area contributed by atoms with E-state index < -0.39 is 5.60 Å². The quantitative estimate of drug-likeness (QED) is 0.403. The van der Waals surface area contributed by atoms with Gasteiger partial charge in [-0.1, -0.05) is 18.2 Å². The Kier molecular flexibility index (Phi) is 6.52. The van der Waals surface area contributed by atoms with Gasteiger partial charge < -0.3 is 25.0 Å². The standard InChI is InChI=1S/C20H30N4O2/c1-2-21-19(23-16-20(25)9-14-26-15-10-20)22-11-5-12-24-13-8-17-6-3-4-7-18(17)24/h3-4,6-8,13,25H,2,5,9-12,14-16H2,1H3,(H2,21,22,23). The summed E-state index contributed by atoms with van der Waals surface area (Å²) in [6.07, 6.45) is 4.44. The number of aliphatic hydroxyl groups is 1. The second-order valence-electron chi connectivity index (χ2n) is 6.88. The molecule has 6 nitrogen and oxygen atoms in total. The lowest BCUT2D eigenvalue weighted by atomic mass is 9.95. The summed E-state index contributed by atoms with van der Waals surface area (Å²) in [5, 5.41) is 18.4. The van der Waals surface area contributed by atoms with Gasteiger partial charge in [0.15, 0.2) is 5.96 Å². The van der Waals surface area contributed by atoms with E-state index in [1.165, 1.54) is 10.9 Å². The Hall–Kier alpha value is -2.05. The summed E-state index contributed by atoms with van der Waals surface area (Å²) in [5.74, 6) is 0.768. The van der Waals surface area contributed by atoms with Crippen LogP contribution in [0, 0.1) is 0 Å². The van der Waals surface area contributed by atoms with Gasteiger partial charge in [-0.3, -0.25) is 4.99 Å². The topological polar surface area (TPSA) is 70.8 Å². The molecule has 6 heteroatoms. The van der Waals surface area contributed by atoms with E-state index in [9.17, 15) is 5.11 Å². The van der Waals surface area contributed by atoms with Crippen molar-refractivity contribution in [2.24, 2.45) is 4.99 Å². The lowest BCUT2D eigenvalue weighted by molar-refractivity contribution is -0.0565. The molecule has 26 heavy (non-hydrogen) atoms. The van der Waals surface area contributed by atoms with Crippen LogP contribution >= 0.6 is 0 Å². The van der Waals surface area contributed by atoms with Crippen molar-refractivity contribution in [2.45, 2.75) is 38.3 Å². The maximum atomic E-state index is 10.5. The molecule has 0 amide bonds. The molecular weight excluding hydrogens is 328 g/mol. The van der Waals surface area contributed by atoms with Crippen molar-refractivity contribution in [3.05, 3.63) is 36.5 Å². The fraction of sp³-hybridized carbons (Fsp3) is 0.550. The van der Waals surface area contributed by atoms with Gasteiger partial charge in [0.1, 0.15) is 0 Å². The molecule has 1 fully saturated rings. The average molecular weight is 358 g/mol. The van der Waals surface area contributed by atoms with Gasteiger partial charge in [0.2, 0.25) is 0 Å². The summed E-state index contributed by atoms with van der Waals surface area (Å²) in [4.78, 5) is 4.58. The van der Waals surface area contributed by atoms with Gasteiger partial charge in [0, 0.05) is 57.4 Å². The predicted molar refractivity (Wildman–Crippen MR) is 106 cm³/mol. The molecule has 1 aliphatic heterocycles. The zero-order valence-corrected chi connectivity index (χ0v) is 15.6. The molecule has 1 saturated heterocycles. The van der Waals surface area contributed by atoms with E-state index in [0.717, 1.165) is 32.0 Å².